The predicted octanol–water partition coefficient (Wildman–Crippen LogP) is 2.23. The van der Waals surface area contributed by atoms with Crippen LogP contribution in [0.1, 0.15) is 18.4 Å². The molecular weight excluding hydrogens is 287 g/mol. The van der Waals surface area contributed by atoms with E-state index >= 15 is 0 Å². The highest BCUT2D eigenvalue weighted by Crippen LogP contribution is 2.25. The smallest absolute Gasteiger partial charge is 0.243 e. The van der Waals surface area contributed by atoms with Crippen molar-refractivity contribution in [2.75, 3.05) is 7.05 Å². The van der Waals surface area contributed by atoms with Gasteiger partial charge >= 0.3 is 0 Å². The Hall–Kier alpha value is -1.26. The van der Waals surface area contributed by atoms with Crippen molar-refractivity contribution in [2.45, 2.75) is 25.4 Å². The third kappa shape index (κ3) is 3.01. The van der Waals surface area contributed by atoms with Crippen molar-refractivity contribution in [1.29, 1.82) is 0 Å². The van der Waals surface area contributed by atoms with Crippen LogP contribution >= 0.6 is 23.2 Å². The predicted molar refractivity (Wildman–Crippen MR) is 74.1 cm³/mol. The molecule has 4 nitrogen and oxygen atoms in total. The van der Waals surface area contributed by atoms with Crippen molar-refractivity contribution >= 4 is 35.0 Å². The molecule has 1 N–H and O–H groups in total. The zero-order valence-corrected chi connectivity index (χ0v) is 12.0. The Morgan fingerprint density at radius 1 is 1.47 bits per heavy atom. The molecule has 0 spiro atoms. The Labute approximate surface area is 121 Å². The van der Waals surface area contributed by atoms with Gasteiger partial charge in [0.15, 0.2) is 0 Å². The number of carbonyl (C=O) groups is 2. The number of likely N-dealkylation sites (tertiary alicyclic amines) is 1. The van der Waals surface area contributed by atoms with E-state index in [0.717, 1.165) is 5.56 Å². The summed E-state index contributed by atoms with van der Waals surface area (Å²) in [6, 6.07) is 4.89. The van der Waals surface area contributed by atoms with E-state index in [0.29, 0.717) is 29.4 Å². The Balaban J connectivity index is 1.97. The molecule has 1 atom stereocenters. The molecule has 1 aliphatic rings. The number of amides is 2. The largest absolute Gasteiger partial charge is 0.350 e. The molecule has 2 rings (SSSR count). The third-order valence-corrected chi connectivity index (χ3v) is 4.14. The minimum absolute atomic E-state index is 0.000868. The monoisotopic (exact) mass is 300 g/mol. The molecule has 2 amide bonds. The highest BCUT2D eigenvalue weighted by atomic mass is 35.5. The van der Waals surface area contributed by atoms with E-state index < -0.39 is 0 Å². The highest BCUT2D eigenvalue weighted by molar-refractivity contribution is 6.42. The standard InChI is InChI=1S/C13H14Cl2N2O2/c1-17-10(5-6-11(17)18)13(19)16-7-8-3-2-4-9(14)12(8)15/h2-4,10H,5-7H2,1H3,(H,16,19)/t10-/m0/s1. The Morgan fingerprint density at radius 2 is 2.21 bits per heavy atom. The van der Waals surface area contributed by atoms with Gasteiger partial charge in [0, 0.05) is 20.0 Å². The maximum atomic E-state index is 12.0. The first-order chi connectivity index (χ1) is 9.00. The van der Waals surface area contributed by atoms with Crippen molar-refractivity contribution in [3.05, 3.63) is 33.8 Å². The molecule has 1 aromatic carbocycles. The van der Waals surface area contributed by atoms with Gasteiger partial charge < -0.3 is 10.2 Å². The fraction of sp³-hybridized carbons (Fsp3) is 0.385. The summed E-state index contributed by atoms with van der Waals surface area (Å²) in [7, 11) is 1.64. The second-order valence-electron chi connectivity index (χ2n) is 4.49. The number of rotatable bonds is 3. The molecule has 6 heteroatoms. The second-order valence-corrected chi connectivity index (χ2v) is 5.28. The second kappa shape index (κ2) is 5.80. The van der Waals surface area contributed by atoms with Crippen molar-refractivity contribution < 1.29 is 9.59 Å². The average Bonchev–Trinajstić information content (AvgIpc) is 2.72. The van der Waals surface area contributed by atoms with Crippen LogP contribution in [0.2, 0.25) is 10.0 Å². The lowest BCUT2D eigenvalue weighted by atomic mass is 10.2. The van der Waals surface area contributed by atoms with E-state index in [1.165, 1.54) is 4.90 Å². The number of nitrogens with zero attached hydrogens (tertiary/aromatic N) is 1. The Kier molecular flexibility index (Phi) is 4.32. The van der Waals surface area contributed by atoms with Gasteiger partial charge in [-0.25, -0.2) is 0 Å². The lowest BCUT2D eigenvalue weighted by Crippen LogP contribution is -2.42. The van der Waals surface area contributed by atoms with Crippen LogP contribution < -0.4 is 5.32 Å². The van der Waals surface area contributed by atoms with E-state index in [2.05, 4.69) is 5.32 Å². The molecule has 0 radical (unpaired) electrons. The first-order valence-corrected chi connectivity index (χ1v) is 6.72. The van der Waals surface area contributed by atoms with Crippen LogP contribution in [0.3, 0.4) is 0 Å². The Morgan fingerprint density at radius 3 is 2.84 bits per heavy atom. The molecule has 0 unspecified atom stereocenters. The summed E-state index contributed by atoms with van der Waals surface area (Å²) in [6.07, 6.45) is 0.983. The van der Waals surface area contributed by atoms with Gasteiger partial charge in [0.2, 0.25) is 11.8 Å². The maximum absolute atomic E-state index is 12.0. The maximum Gasteiger partial charge on any atom is 0.243 e. The summed E-state index contributed by atoms with van der Waals surface area (Å²) in [5.41, 5.74) is 0.759. The lowest BCUT2D eigenvalue weighted by Gasteiger charge is -2.19. The molecule has 0 bridgehead atoms. The van der Waals surface area contributed by atoms with E-state index in [-0.39, 0.29) is 17.9 Å². The van der Waals surface area contributed by atoms with Crippen molar-refractivity contribution in [3.8, 4) is 0 Å². The molecule has 1 aliphatic heterocycles. The van der Waals surface area contributed by atoms with Gasteiger partial charge in [-0.3, -0.25) is 9.59 Å². The molecule has 0 saturated carbocycles. The molecule has 1 fully saturated rings. The molecule has 1 saturated heterocycles. The topological polar surface area (TPSA) is 49.4 Å². The van der Waals surface area contributed by atoms with Gasteiger partial charge in [-0.15, -0.1) is 0 Å². The minimum Gasteiger partial charge on any atom is -0.350 e. The first kappa shape index (κ1) is 14.2. The zero-order valence-electron chi connectivity index (χ0n) is 10.5. The number of likely N-dealkylation sites (N-methyl/N-ethyl adjacent to an activating group) is 1. The Bertz CT molecular complexity index is 519. The summed E-state index contributed by atoms with van der Waals surface area (Å²) < 4.78 is 0. The molecule has 0 aliphatic carbocycles. The molecule has 1 heterocycles. The first-order valence-electron chi connectivity index (χ1n) is 5.97. The van der Waals surface area contributed by atoms with Crippen LogP contribution in [0.5, 0.6) is 0 Å². The van der Waals surface area contributed by atoms with E-state index in [1.807, 2.05) is 0 Å². The molecule has 19 heavy (non-hydrogen) atoms. The van der Waals surface area contributed by atoms with Crippen LogP contribution in [0.15, 0.2) is 18.2 Å². The number of benzene rings is 1. The van der Waals surface area contributed by atoms with Crippen LogP contribution in [-0.2, 0) is 16.1 Å². The molecule has 102 valence electrons. The summed E-state index contributed by atoms with van der Waals surface area (Å²) in [5.74, 6) is -0.162. The summed E-state index contributed by atoms with van der Waals surface area (Å²) >= 11 is 11.9. The SMILES string of the molecule is CN1C(=O)CC[C@H]1C(=O)NCc1cccc(Cl)c1Cl. The zero-order chi connectivity index (χ0) is 14.0. The summed E-state index contributed by atoms with van der Waals surface area (Å²) in [4.78, 5) is 24.8. The molecular formula is C13H14Cl2N2O2. The van der Waals surface area contributed by atoms with Crippen LogP contribution in [0.25, 0.3) is 0 Å². The van der Waals surface area contributed by atoms with Gasteiger partial charge in [0.1, 0.15) is 6.04 Å². The third-order valence-electron chi connectivity index (χ3n) is 3.28. The van der Waals surface area contributed by atoms with Crippen molar-refractivity contribution in [1.82, 2.24) is 10.2 Å². The quantitative estimate of drug-likeness (QED) is 0.930. The normalized spacial score (nSPS) is 18.8. The number of hydrogen-bond donors (Lipinski definition) is 1. The van der Waals surface area contributed by atoms with E-state index in [9.17, 15) is 9.59 Å². The van der Waals surface area contributed by atoms with Gasteiger partial charge in [-0.2, -0.15) is 0 Å². The van der Waals surface area contributed by atoms with E-state index in [1.54, 1.807) is 25.2 Å². The minimum atomic E-state index is -0.384. The van der Waals surface area contributed by atoms with Crippen LogP contribution in [-0.4, -0.2) is 29.8 Å². The van der Waals surface area contributed by atoms with Crippen LogP contribution in [0.4, 0.5) is 0 Å². The van der Waals surface area contributed by atoms with Gasteiger partial charge in [0.05, 0.1) is 10.0 Å². The number of halogens is 2. The van der Waals surface area contributed by atoms with Gasteiger partial charge in [-0.05, 0) is 18.1 Å². The van der Waals surface area contributed by atoms with Crippen molar-refractivity contribution in [3.63, 3.8) is 0 Å². The van der Waals surface area contributed by atoms with Gasteiger partial charge in [-0.1, -0.05) is 35.3 Å². The number of hydrogen-bond acceptors (Lipinski definition) is 2. The average molecular weight is 301 g/mol. The fourth-order valence-corrected chi connectivity index (χ4v) is 2.48. The van der Waals surface area contributed by atoms with E-state index in [4.69, 9.17) is 23.2 Å². The van der Waals surface area contributed by atoms with Crippen LogP contribution in [0, 0.1) is 0 Å². The number of carbonyl (C=O) groups excluding carboxylic acids is 2. The fourth-order valence-electron chi connectivity index (χ4n) is 2.10. The summed E-state index contributed by atoms with van der Waals surface area (Å²) in [5, 5.41) is 3.69. The lowest BCUT2D eigenvalue weighted by molar-refractivity contribution is -0.133. The molecule has 1 aromatic rings. The molecule has 0 aromatic heterocycles. The summed E-state index contributed by atoms with van der Waals surface area (Å²) in [6.45, 7) is 0.302. The number of nitrogens with one attached hydrogen (secondary N) is 1. The van der Waals surface area contributed by atoms with Crippen molar-refractivity contribution in [2.24, 2.45) is 0 Å². The van der Waals surface area contributed by atoms with Gasteiger partial charge in [0.25, 0.3) is 0 Å². The highest BCUT2D eigenvalue weighted by Gasteiger charge is 2.32.